The minimum atomic E-state index is -3.88. The molecule has 5 nitrogen and oxygen atoms in total. The Hall–Kier alpha value is -2.41. The van der Waals surface area contributed by atoms with E-state index in [-0.39, 0.29) is 18.2 Å². The number of benzene rings is 2. The molecule has 0 saturated carbocycles. The van der Waals surface area contributed by atoms with Gasteiger partial charge in [-0.2, -0.15) is 0 Å². The largest absolute Gasteiger partial charge is 0.348 e. The van der Waals surface area contributed by atoms with E-state index in [0.717, 1.165) is 27.3 Å². The summed E-state index contributed by atoms with van der Waals surface area (Å²) in [4.78, 5) is 13.0. The lowest BCUT2D eigenvalue weighted by Gasteiger charge is -2.31. The zero-order valence-corrected chi connectivity index (χ0v) is 17.7. The highest BCUT2D eigenvalue weighted by atomic mass is 32.2. The van der Waals surface area contributed by atoms with Gasteiger partial charge in [0.1, 0.15) is 11.9 Å². The van der Waals surface area contributed by atoms with Gasteiger partial charge in [-0.25, -0.2) is 12.8 Å². The Labute approximate surface area is 166 Å². The summed E-state index contributed by atoms with van der Waals surface area (Å²) >= 11 is 0. The molecule has 0 saturated heterocycles. The molecule has 0 fully saturated rings. The Balaban J connectivity index is 2.37. The van der Waals surface area contributed by atoms with Crippen LogP contribution in [-0.2, 0) is 14.8 Å². The summed E-state index contributed by atoms with van der Waals surface area (Å²) in [7, 11) is -3.88. The highest BCUT2D eigenvalue weighted by molar-refractivity contribution is 7.92. The lowest BCUT2D eigenvalue weighted by Crippen LogP contribution is -2.50. The third kappa shape index (κ3) is 4.90. The van der Waals surface area contributed by atoms with E-state index in [1.165, 1.54) is 18.2 Å². The molecule has 28 heavy (non-hydrogen) atoms. The molecule has 2 rings (SSSR count). The predicted molar refractivity (Wildman–Crippen MR) is 110 cm³/mol. The van der Waals surface area contributed by atoms with Gasteiger partial charge in [0.05, 0.1) is 18.0 Å². The number of hydrogen-bond donors (Lipinski definition) is 1. The Bertz CT molecular complexity index is 960. The molecule has 0 radical (unpaired) electrons. The van der Waals surface area contributed by atoms with Gasteiger partial charge in [0.25, 0.3) is 0 Å². The first-order chi connectivity index (χ1) is 13.1. The van der Waals surface area contributed by atoms with Crippen molar-refractivity contribution >= 4 is 21.6 Å². The van der Waals surface area contributed by atoms with Crippen molar-refractivity contribution in [1.29, 1.82) is 0 Å². The lowest BCUT2D eigenvalue weighted by molar-refractivity contribution is -0.122. The van der Waals surface area contributed by atoms with Gasteiger partial charge in [0.15, 0.2) is 0 Å². The number of halogens is 1. The quantitative estimate of drug-likeness (QED) is 0.759. The maximum Gasteiger partial charge on any atom is 0.244 e. The molecule has 2 aromatic carbocycles. The van der Waals surface area contributed by atoms with Crippen molar-refractivity contribution in [3.05, 3.63) is 65.0 Å². The number of amides is 1. The highest BCUT2D eigenvalue weighted by Crippen LogP contribution is 2.26. The van der Waals surface area contributed by atoms with E-state index in [0.29, 0.717) is 0 Å². The van der Waals surface area contributed by atoms with E-state index < -0.39 is 27.8 Å². The van der Waals surface area contributed by atoms with Crippen LogP contribution >= 0.6 is 0 Å². The average molecular weight is 407 g/mol. The summed E-state index contributed by atoms with van der Waals surface area (Å²) < 4.78 is 40.0. The summed E-state index contributed by atoms with van der Waals surface area (Å²) in [6.45, 7) is 7.47. The molecular formula is C21H27FN2O3S. The number of rotatable bonds is 7. The van der Waals surface area contributed by atoms with Gasteiger partial charge >= 0.3 is 0 Å². The minimum Gasteiger partial charge on any atom is -0.348 e. The topological polar surface area (TPSA) is 66.5 Å². The number of hydrogen-bond acceptors (Lipinski definition) is 3. The third-order valence-corrected chi connectivity index (χ3v) is 5.85. The van der Waals surface area contributed by atoms with Crippen molar-refractivity contribution in [2.45, 2.75) is 46.2 Å². The molecule has 0 aliphatic rings. The van der Waals surface area contributed by atoms with Gasteiger partial charge in [-0.3, -0.25) is 9.10 Å². The first-order valence-electron chi connectivity index (χ1n) is 9.17. The smallest absolute Gasteiger partial charge is 0.244 e. The van der Waals surface area contributed by atoms with Crippen molar-refractivity contribution < 1.29 is 17.6 Å². The van der Waals surface area contributed by atoms with Crippen LogP contribution in [0.4, 0.5) is 10.1 Å². The number of carbonyl (C=O) groups is 1. The fourth-order valence-electron chi connectivity index (χ4n) is 3.28. The molecule has 0 aromatic heterocycles. The van der Waals surface area contributed by atoms with E-state index >= 15 is 0 Å². The van der Waals surface area contributed by atoms with Gasteiger partial charge in [-0.1, -0.05) is 42.8 Å². The van der Waals surface area contributed by atoms with E-state index in [1.807, 2.05) is 39.0 Å². The fourth-order valence-corrected chi connectivity index (χ4v) is 4.49. The Morgan fingerprint density at radius 2 is 1.82 bits per heavy atom. The van der Waals surface area contributed by atoms with Crippen molar-refractivity contribution in [1.82, 2.24) is 5.32 Å². The van der Waals surface area contributed by atoms with Gasteiger partial charge in [0, 0.05) is 0 Å². The van der Waals surface area contributed by atoms with E-state index in [4.69, 9.17) is 0 Å². The van der Waals surface area contributed by atoms with Crippen LogP contribution in [0, 0.1) is 19.7 Å². The van der Waals surface area contributed by atoms with Crippen LogP contribution in [0.25, 0.3) is 0 Å². The molecule has 0 bridgehead atoms. The van der Waals surface area contributed by atoms with E-state index in [2.05, 4.69) is 5.32 Å². The Morgan fingerprint density at radius 3 is 2.39 bits per heavy atom. The number of para-hydroxylation sites is 1. The standard InChI is InChI=1S/C21H27FN2O3S/c1-6-19(24(28(5,26)27)20-10-8-7-9-18(20)22)21(25)23-16(4)17-13-14(2)11-12-15(17)3/h7-13,16,19H,6H2,1-5H3,(H,23,25). The molecule has 2 unspecified atom stereocenters. The van der Waals surface area contributed by atoms with Crippen LogP contribution < -0.4 is 9.62 Å². The fraction of sp³-hybridized carbons (Fsp3) is 0.381. The molecule has 0 aliphatic heterocycles. The highest BCUT2D eigenvalue weighted by Gasteiger charge is 2.33. The summed E-state index contributed by atoms with van der Waals surface area (Å²) in [5.74, 6) is -1.16. The zero-order chi connectivity index (χ0) is 21.1. The SMILES string of the molecule is CCC(C(=O)NC(C)c1cc(C)ccc1C)N(c1ccccc1F)S(C)(=O)=O. The molecule has 2 aromatic rings. The van der Waals surface area contributed by atoms with Gasteiger partial charge in [-0.05, 0) is 50.5 Å². The van der Waals surface area contributed by atoms with Gasteiger partial charge in [0.2, 0.25) is 15.9 Å². The number of sulfonamides is 1. The second kappa shape index (κ2) is 8.73. The normalized spacial score (nSPS) is 13.6. The van der Waals surface area contributed by atoms with Crippen LogP contribution in [0.2, 0.25) is 0 Å². The molecule has 0 heterocycles. The first kappa shape index (κ1) is 21.9. The van der Waals surface area contributed by atoms with Crippen molar-refractivity contribution in [2.24, 2.45) is 0 Å². The monoisotopic (exact) mass is 406 g/mol. The second-order valence-electron chi connectivity index (χ2n) is 7.02. The van der Waals surface area contributed by atoms with Gasteiger partial charge < -0.3 is 5.32 Å². The Morgan fingerprint density at radius 1 is 1.18 bits per heavy atom. The third-order valence-electron chi connectivity index (χ3n) is 4.68. The number of nitrogens with one attached hydrogen (secondary N) is 1. The summed E-state index contributed by atoms with van der Waals surface area (Å²) in [5.41, 5.74) is 2.92. The van der Waals surface area contributed by atoms with Crippen LogP contribution in [0.3, 0.4) is 0 Å². The van der Waals surface area contributed by atoms with Crippen LogP contribution in [0.1, 0.15) is 43.0 Å². The number of aryl methyl sites for hydroxylation is 2. The van der Waals surface area contributed by atoms with E-state index in [1.54, 1.807) is 13.0 Å². The maximum absolute atomic E-state index is 14.3. The number of anilines is 1. The van der Waals surface area contributed by atoms with Crippen LogP contribution in [0.5, 0.6) is 0 Å². The molecule has 2 atom stereocenters. The molecule has 0 spiro atoms. The molecule has 7 heteroatoms. The molecule has 152 valence electrons. The average Bonchev–Trinajstić information content (AvgIpc) is 2.61. The molecule has 1 N–H and O–H groups in total. The molecule has 0 aliphatic carbocycles. The summed E-state index contributed by atoms with van der Waals surface area (Å²) in [6, 6.07) is 10.1. The number of nitrogens with zero attached hydrogens (tertiary/aromatic N) is 1. The Kier molecular flexibility index (Phi) is 6.82. The van der Waals surface area contributed by atoms with E-state index in [9.17, 15) is 17.6 Å². The summed E-state index contributed by atoms with van der Waals surface area (Å²) in [5, 5.41) is 2.89. The minimum absolute atomic E-state index is 0.133. The second-order valence-corrected chi connectivity index (χ2v) is 8.88. The molecule has 1 amide bonds. The lowest BCUT2D eigenvalue weighted by atomic mass is 9.99. The van der Waals surface area contributed by atoms with Crippen LogP contribution in [0.15, 0.2) is 42.5 Å². The predicted octanol–water partition coefficient (Wildman–Crippen LogP) is 3.86. The van der Waals surface area contributed by atoms with Crippen molar-refractivity contribution in [2.75, 3.05) is 10.6 Å². The van der Waals surface area contributed by atoms with Gasteiger partial charge in [-0.15, -0.1) is 0 Å². The molecular weight excluding hydrogens is 379 g/mol. The zero-order valence-electron chi connectivity index (χ0n) is 16.9. The van der Waals surface area contributed by atoms with Crippen molar-refractivity contribution in [3.8, 4) is 0 Å². The first-order valence-corrected chi connectivity index (χ1v) is 11.0. The summed E-state index contributed by atoms with van der Waals surface area (Å²) in [6.07, 6.45) is 1.18. The maximum atomic E-state index is 14.3. The van der Waals surface area contributed by atoms with Crippen LogP contribution in [-0.4, -0.2) is 26.6 Å². The van der Waals surface area contributed by atoms with Crippen molar-refractivity contribution in [3.63, 3.8) is 0 Å². The number of carbonyl (C=O) groups excluding carboxylic acids is 1.